The number of hydrogen-bond donors (Lipinski definition) is 2. The SMILES string of the molecule is FC(F)(F)Nc1cccc(NC(F)(F)F)c1. The first-order valence-electron chi connectivity index (χ1n) is 3.96. The number of nitrogens with one attached hydrogen (secondary N) is 2. The van der Waals surface area contributed by atoms with E-state index in [1.165, 1.54) is 0 Å². The second-order valence-corrected chi connectivity index (χ2v) is 2.83. The summed E-state index contributed by atoms with van der Waals surface area (Å²) in [7, 11) is 0. The fourth-order valence-corrected chi connectivity index (χ4v) is 1.00. The van der Waals surface area contributed by atoms with Gasteiger partial charge in [-0.1, -0.05) is 6.07 Å². The molecule has 0 amide bonds. The molecule has 0 heterocycles. The van der Waals surface area contributed by atoms with Crippen molar-refractivity contribution in [2.75, 3.05) is 10.6 Å². The van der Waals surface area contributed by atoms with Gasteiger partial charge in [-0.3, -0.25) is 10.6 Å². The van der Waals surface area contributed by atoms with Gasteiger partial charge in [-0.2, -0.15) is 26.3 Å². The molecule has 16 heavy (non-hydrogen) atoms. The molecule has 90 valence electrons. The quantitative estimate of drug-likeness (QED) is 0.614. The molecule has 0 saturated carbocycles. The zero-order chi connectivity index (χ0) is 12.4. The monoisotopic (exact) mass is 244 g/mol. The van der Waals surface area contributed by atoms with Crippen molar-refractivity contribution in [2.24, 2.45) is 0 Å². The first kappa shape index (κ1) is 12.5. The van der Waals surface area contributed by atoms with Gasteiger partial charge in [0.2, 0.25) is 0 Å². The minimum absolute atomic E-state index is 0.471. The average Bonchev–Trinajstić information content (AvgIpc) is 1.96. The summed E-state index contributed by atoms with van der Waals surface area (Å²) in [5, 5.41) is 2.20. The minimum atomic E-state index is -4.68. The van der Waals surface area contributed by atoms with Gasteiger partial charge in [0.05, 0.1) is 0 Å². The molecule has 8 heteroatoms. The molecular weight excluding hydrogens is 238 g/mol. The smallest absolute Gasteiger partial charge is 0.297 e. The van der Waals surface area contributed by atoms with Gasteiger partial charge in [-0.25, -0.2) is 0 Å². The maximum absolute atomic E-state index is 11.9. The molecule has 1 aromatic carbocycles. The van der Waals surface area contributed by atoms with Crippen molar-refractivity contribution in [3.05, 3.63) is 24.3 Å². The highest BCUT2D eigenvalue weighted by molar-refractivity contribution is 5.57. The Bertz CT molecular complexity index is 325. The fraction of sp³-hybridized carbons (Fsp3) is 0.250. The van der Waals surface area contributed by atoms with Crippen molar-refractivity contribution < 1.29 is 26.3 Å². The van der Waals surface area contributed by atoms with E-state index in [1.807, 2.05) is 0 Å². The second-order valence-electron chi connectivity index (χ2n) is 2.83. The topological polar surface area (TPSA) is 24.1 Å². The Morgan fingerprint density at radius 2 is 1.12 bits per heavy atom. The predicted molar refractivity (Wildman–Crippen MR) is 45.8 cm³/mol. The van der Waals surface area contributed by atoms with Gasteiger partial charge in [-0.15, -0.1) is 0 Å². The number of hydrogen-bond acceptors (Lipinski definition) is 2. The number of halogens is 6. The molecule has 0 fully saturated rings. The number of alkyl halides is 6. The average molecular weight is 244 g/mol. The van der Waals surface area contributed by atoms with Gasteiger partial charge >= 0.3 is 12.6 Å². The minimum Gasteiger partial charge on any atom is -0.297 e. The molecule has 0 spiro atoms. The molecular formula is C8H6F6N2. The van der Waals surface area contributed by atoms with Crippen LogP contribution in [-0.2, 0) is 0 Å². The van der Waals surface area contributed by atoms with Crippen LogP contribution in [0, 0.1) is 0 Å². The lowest BCUT2D eigenvalue weighted by atomic mass is 10.3. The number of rotatable bonds is 2. The number of anilines is 2. The molecule has 1 rings (SSSR count). The zero-order valence-electron chi connectivity index (χ0n) is 7.58. The lowest BCUT2D eigenvalue weighted by Crippen LogP contribution is -2.22. The summed E-state index contributed by atoms with van der Waals surface area (Å²) in [6.07, 6.45) is -9.37. The van der Waals surface area contributed by atoms with E-state index in [1.54, 1.807) is 0 Å². The molecule has 0 aliphatic rings. The van der Waals surface area contributed by atoms with Crippen molar-refractivity contribution in [3.8, 4) is 0 Å². The largest absolute Gasteiger partial charge is 0.482 e. The van der Waals surface area contributed by atoms with Gasteiger partial charge in [0.25, 0.3) is 0 Å². The highest BCUT2D eigenvalue weighted by Gasteiger charge is 2.29. The molecule has 0 atom stereocenters. The molecule has 0 saturated heterocycles. The summed E-state index contributed by atoms with van der Waals surface area (Å²) in [6, 6.07) is 3.80. The van der Waals surface area contributed by atoms with E-state index in [2.05, 4.69) is 0 Å². The van der Waals surface area contributed by atoms with Gasteiger partial charge < -0.3 is 0 Å². The molecule has 0 unspecified atom stereocenters. The summed E-state index contributed by atoms with van der Waals surface area (Å²) in [6.45, 7) is 0. The molecule has 2 nitrogen and oxygen atoms in total. The molecule has 0 aliphatic carbocycles. The first-order valence-corrected chi connectivity index (χ1v) is 3.96. The van der Waals surface area contributed by atoms with Crippen LogP contribution >= 0.6 is 0 Å². The third kappa shape index (κ3) is 4.76. The standard InChI is InChI=1S/C8H6F6N2/c9-7(10,11)15-5-2-1-3-6(4-5)16-8(12,13)14/h1-4,15-16H. The van der Waals surface area contributed by atoms with Crippen molar-refractivity contribution >= 4 is 11.4 Å². The van der Waals surface area contributed by atoms with E-state index in [0.29, 0.717) is 6.07 Å². The lowest BCUT2D eigenvalue weighted by molar-refractivity contribution is -0.100. The third-order valence-electron chi connectivity index (χ3n) is 1.43. The molecule has 0 bridgehead atoms. The summed E-state index contributed by atoms with van der Waals surface area (Å²) in [5.74, 6) is 0. The Labute approximate surface area is 86.3 Å². The Morgan fingerprint density at radius 1 is 0.750 bits per heavy atom. The highest BCUT2D eigenvalue weighted by atomic mass is 19.4. The van der Waals surface area contributed by atoms with E-state index in [4.69, 9.17) is 0 Å². The van der Waals surface area contributed by atoms with Crippen molar-refractivity contribution in [3.63, 3.8) is 0 Å². The van der Waals surface area contributed by atoms with Crippen LogP contribution in [0.15, 0.2) is 24.3 Å². The van der Waals surface area contributed by atoms with E-state index < -0.39 is 24.0 Å². The summed E-state index contributed by atoms with van der Waals surface area (Å²) >= 11 is 0. The van der Waals surface area contributed by atoms with Crippen molar-refractivity contribution in [1.29, 1.82) is 0 Å². The van der Waals surface area contributed by atoms with Crippen LogP contribution in [0.25, 0.3) is 0 Å². The van der Waals surface area contributed by atoms with E-state index >= 15 is 0 Å². The van der Waals surface area contributed by atoms with E-state index in [0.717, 1.165) is 28.8 Å². The van der Waals surface area contributed by atoms with E-state index in [-0.39, 0.29) is 0 Å². The van der Waals surface area contributed by atoms with Crippen molar-refractivity contribution in [1.82, 2.24) is 0 Å². The van der Waals surface area contributed by atoms with Crippen molar-refractivity contribution in [2.45, 2.75) is 12.6 Å². The highest BCUT2D eigenvalue weighted by Crippen LogP contribution is 2.25. The Kier molecular flexibility index (Phi) is 3.20. The lowest BCUT2D eigenvalue weighted by Gasteiger charge is -2.13. The van der Waals surface area contributed by atoms with Gasteiger partial charge in [0.15, 0.2) is 0 Å². The second kappa shape index (κ2) is 4.11. The summed E-state index contributed by atoms with van der Waals surface area (Å²) in [4.78, 5) is 0. The third-order valence-corrected chi connectivity index (χ3v) is 1.43. The van der Waals surface area contributed by atoms with Crippen LogP contribution in [0.1, 0.15) is 0 Å². The molecule has 0 aliphatic heterocycles. The maximum atomic E-state index is 11.9. The van der Waals surface area contributed by atoms with E-state index in [9.17, 15) is 26.3 Å². The normalized spacial score (nSPS) is 12.4. The summed E-state index contributed by atoms with van der Waals surface area (Å²) in [5.41, 5.74) is -0.941. The van der Waals surface area contributed by atoms with Crippen LogP contribution in [-0.4, -0.2) is 12.6 Å². The zero-order valence-corrected chi connectivity index (χ0v) is 7.58. The Balaban J connectivity index is 2.79. The molecule has 0 aromatic heterocycles. The van der Waals surface area contributed by atoms with Gasteiger partial charge in [0.1, 0.15) is 0 Å². The van der Waals surface area contributed by atoms with Crippen LogP contribution in [0.5, 0.6) is 0 Å². The summed E-state index contributed by atoms with van der Waals surface area (Å²) < 4.78 is 71.1. The fourth-order valence-electron chi connectivity index (χ4n) is 1.00. The Hall–Kier alpha value is -1.60. The van der Waals surface area contributed by atoms with Gasteiger partial charge in [-0.05, 0) is 18.2 Å². The molecule has 1 aromatic rings. The molecule has 2 N–H and O–H groups in total. The Morgan fingerprint density at radius 3 is 1.44 bits per heavy atom. The van der Waals surface area contributed by atoms with Crippen LogP contribution in [0.2, 0.25) is 0 Å². The predicted octanol–water partition coefficient (Wildman–Crippen LogP) is 3.55. The first-order chi connectivity index (χ1) is 7.16. The van der Waals surface area contributed by atoms with Crippen LogP contribution < -0.4 is 10.6 Å². The molecule has 0 radical (unpaired) electrons. The number of benzene rings is 1. The van der Waals surface area contributed by atoms with Crippen LogP contribution in [0.3, 0.4) is 0 Å². The van der Waals surface area contributed by atoms with Gasteiger partial charge in [0, 0.05) is 11.4 Å². The van der Waals surface area contributed by atoms with Crippen LogP contribution in [0.4, 0.5) is 37.7 Å². The maximum Gasteiger partial charge on any atom is 0.482 e.